The summed E-state index contributed by atoms with van der Waals surface area (Å²) in [4.78, 5) is 26.4. The number of esters is 1. The highest BCUT2D eigenvalue weighted by molar-refractivity contribution is 6.34. The number of carbonyl (C=O) groups is 1. The number of nitro benzene ring substituents is 1. The van der Waals surface area contributed by atoms with E-state index in [0.29, 0.717) is 16.9 Å². The number of carbonyl (C=O) groups excluding carboxylic acids is 1. The second-order valence-electron chi connectivity index (χ2n) is 5.00. The molecular formula is C17H11ClN2O5. The van der Waals surface area contributed by atoms with Crippen molar-refractivity contribution >= 4 is 35.2 Å². The van der Waals surface area contributed by atoms with Gasteiger partial charge in [-0.2, -0.15) is 0 Å². The summed E-state index contributed by atoms with van der Waals surface area (Å²) in [5.41, 5.74) is 0.873. The van der Waals surface area contributed by atoms with Gasteiger partial charge in [0.25, 0.3) is 5.69 Å². The van der Waals surface area contributed by atoms with E-state index in [9.17, 15) is 14.9 Å². The van der Waals surface area contributed by atoms with Gasteiger partial charge in [-0.3, -0.25) is 10.1 Å². The number of hydrogen-bond acceptors (Lipinski definition) is 6. The van der Waals surface area contributed by atoms with Crippen molar-refractivity contribution < 1.29 is 19.2 Å². The molecule has 0 fully saturated rings. The van der Waals surface area contributed by atoms with Crippen LogP contribution in [-0.4, -0.2) is 23.9 Å². The molecule has 7 nitrogen and oxygen atoms in total. The lowest BCUT2D eigenvalue weighted by Crippen LogP contribution is -2.06. The number of non-ortho nitro benzene ring substituents is 1. The number of halogens is 1. The van der Waals surface area contributed by atoms with Gasteiger partial charge in [0.05, 0.1) is 22.6 Å². The molecule has 0 bridgehead atoms. The van der Waals surface area contributed by atoms with Crippen molar-refractivity contribution in [3.63, 3.8) is 0 Å². The molecule has 0 aliphatic carbocycles. The van der Waals surface area contributed by atoms with Crippen molar-refractivity contribution in [2.45, 2.75) is 0 Å². The van der Waals surface area contributed by atoms with E-state index in [4.69, 9.17) is 21.1 Å². The molecule has 2 aromatic rings. The molecule has 0 saturated carbocycles. The van der Waals surface area contributed by atoms with Crippen LogP contribution in [0.25, 0.3) is 6.08 Å². The molecule has 0 radical (unpaired) electrons. The third-order valence-corrected chi connectivity index (χ3v) is 3.76. The van der Waals surface area contributed by atoms with Crippen molar-refractivity contribution in [3.05, 3.63) is 74.4 Å². The average Bonchev–Trinajstić information content (AvgIpc) is 2.95. The highest BCUT2D eigenvalue weighted by atomic mass is 35.5. The summed E-state index contributed by atoms with van der Waals surface area (Å²) < 4.78 is 10.4. The largest absolute Gasteiger partial charge is 0.496 e. The standard InChI is InChI=1S/C17H11ClN2O5/c1-24-15-5-3-2-4-10(15)8-14-17(21)25-16(19-14)12-7-6-11(20(22)23)9-13(12)18/h2-9H,1H3/b14-8-. The molecule has 0 atom stereocenters. The molecular weight excluding hydrogens is 348 g/mol. The Morgan fingerprint density at radius 2 is 2.04 bits per heavy atom. The zero-order chi connectivity index (χ0) is 18.0. The first-order valence-electron chi connectivity index (χ1n) is 7.09. The summed E-state index contributed by atoms with van der Waals surface area (Å²) in [7, 11) is 1.52. The van der Waals surface area contributed by atoms with Crippen LogP contribution in [0.3, 0.4) is 0 Å². The van der Waals surface area contributed by atoms with E-state index >= 15 is 0 Å². The number of ether oxygens (including phenoxy) is 2. The second kappa shape index (κ2) is 6.74. The molecule has 25 heavy (non-hydrogen) atoms. The quantitative estimate of drug-likeness (QED) is 0.360. The summed E-state index contributed by atoms with van der Waals surface area (Å²) in [6, 6.07) is 11.0. The van der Waals surface area contributed by atoms with Crippen LogP contribution < -0.4 is 4.74 Å². The monoisotopic (exact) mass is 358 g/mol. The molecule has 2 aromatic carbocycles. The molecule has 3 rings (SSSR count). The molecule has 0 aromatic heterocycles. The number of aliphatic imine (C=N–C) groups is 1. The van der Waals surface area contributed by atoms with Gasteiger partial charge in [-0.15, -0.1) is 0 Å². The lowest BCUT2D eigenvalue weighted by molar-refractivity contribution is -0.384. The van der Waals surface area contributed by atoms with Gasteiger partial charge in [0.2, 0.25) is 5.90 Å². The first-order valence-corrected chi connectivity index (χ1v) is 7.47. The highest BCUT2D eigenvalue weighted by Crippen LogP contribution is 2.28. The van der Waals surface area contributed by atoms with Crippen molar-refractivity contribution in [2.75, 3.05) is 7.11 Å². The Morgan fingerprint density at radius 3 is 2.72 bits per heavy atom. The Hall–Kier alpha value is -3.19. The minimum absolute atomic E-state index is 0.00829. The van der Waals surface area contributed by atoms with Gasteiger partial charge in [0.15, 0.2) is 5.70 Å². The van der Waals surface area contributed by atoms with E-state index in [1.165, 1.54) is 31.4 Å². The number of nitro groups is 1. The van der Waals surface area contributed by atoms with Gasteiger partial charge in [0, 0.05) is 17.7 Å². The molecule has 1 heterocycles. The number of hydrogen-bond donors (Lipinski definition) is 0. The molecule has 0 N–H and O–H groups in total. The van der Waals surface area contributed by atoms with Crippen molar-refractivity contribution in [1.29, 1.82) is 0 Å². The summed E-state index contributed by atoms with van der Waals surface area (Å²) >= 11 is 6.04. The summed E-state index contributed by atoms with van der Waals surface area (Å²) in [6.07, 6.45) is 1.54. The fourth-order valence-corrected chi connectivity index (χ4v) is 2.50. The Bertz CT molecular complexity index is 936. The van der Waals surface area contributed by atoms with Crippen LogP contribution in [0.15, 0.2) is 53.2 Å². The second-order valence-corrected chi connectivity index (χ2v) is 5.41. The van der Waals surface area contributed by atoms with Crippen LogP contribution in [0.4, 0.5) is 5.69 Å². The van der Waals surface area contributed by atoms with Crippen LogP contribution in [-0.2, 0) is 9.53 Å². The van der Waals surface area contributed by atoms with E-state index in [-0.39, 0.29) is 22.3 Å². The molecule has 8 heteroatoms. The number of methoxy groups -OCH3 is 1. The first kappa shape index (κ1) is 16.7. The lowest BCUT2D eigenvalue weighted by Gasteiger charge is -2.03. The van der Waals surface area contributed by atoms with Gasteiger partial charge >= 0.3 is 5.97 Å². The number of cyclic esters (lactones) is 1. The van der Waals surface area contributed by atoms with Crippen LogP contribution in [0.1, 0.15) is 11.1 Å². The third kappa shape index (κ3) is 3.36. The topological polar surface area (TPSA) is 91.0 Å². The fourth-order valence-electron chi connectivity index (χ4n) is 2.25. The zero-order valence-corrected chi connectivity index (χ0v) is 13.7. The van der Waals surface area contributed by atoms with Crippen LogP contribution in [0.5, 0.6) is 5.75 Å². The van der Waals surface area contributed by atoms with E-state index in [1.807, 2.05) is 0 Å². The number of benzene rings is 2. The maximum atomic E-state index is 12.1. The maximum absolute atomic E-state index is 12.1. The number of para-hydroxylation sites is 1. The Kier molecular flexibility index (Phi) is 4.49. The van der Waals surface area contributed by atoms with Gasteiger partial charge in [-0.05, 0) is 18.2 Å². The maximum Gasteiger partial charge on any atom is 0.363 e. The predicted octanol–water partition coefficient (Wildman–Crippen LogP) is 3.60. The minimum Gasteiger partial charge on any atom is -0.496 e. The Labute approximate surface area is 147 Å². The van der Waals surface area contributed by atoms with Gasteiger partial charge in [-0.25, -0.2) is 9.79 Å². The predicted molar refractivity (Wildman–Crippen MR) is 91.7 cm³/mol. The summed E-state index contributed by atoms with van der Waals surface area (Å²) in [5, 5.41) is 10.8. The smallest absolute Gasteiger partial charge is 0.363 e. The molecule has 1 aliphatic rings. The fraction of sp³-hybridized carbons (Fsp3) is 0.0588. The van der Waals surface area contributed by atoms with E-state index in [1.54, 1.807) is 24.3 Å². The summed E-state index contributed by atoms with van der Waals surface area (Å²) in [6.45, 7) is 0. The Balaban J connectivity index is 1.98. The SMILES string of the molecule is COc1ccccc1/C=C1\N=C(c2ccc([N+](=O)[O-])cc2Cl)OC1=O. The number of nitrogens with zero attached hydrogens (tertiary/aromatic N) is 2. The first-order chi connectivity index (χ1) is 12.0. The normalized spacial score (nSPS) is 15.0. The molecule has 0 unspecified atom stereocenters. The van der Waals surface area contributed by atoms with Gasteiger partial charge in [-0.1, -0.05) is 29.8 Å². The molecule has 0 saturated heterocycles. The van der Waals surface area contributed by atoms with Crippen molar-refractivity contribution in [2.24, 2.45) is 4.99 Å². The van der Waals surface area contributed by atoms with E-state index in [2.05, 4.69) is 4.99 Å². The van der Waals surface area contributed by atoms with Crippen LogP contribution in [0.2, 0.25) is 5.02 Å². The van der Waals surface area contributed by atoms with Crippen LogP contribution >= 0.6 is 11.6 Å². The van der Waals surface area contributed by atoms with E-state index < -0.39 is 10.9 Å². The van der Waals surface area contributed by atoms with Crippen LogP contribution in [0, 0.1) is 10.1 Å². The molecule has 1 aliphatic heterocycles. The Morgan fingerprint density at radius 1 is 1.28 bits per heavy atom. The van der Waals surface area contributed by atoms with Gasteiger partial charge in [0.1, 0.15) is 5.75 Å². The zero-order valence-electron chi connectivity index (χ0n) is 12.9. The van der Waals surface area contributed by atoms with E-state index in [0.717, 1.165) is 0 Å². The third-order valence-electron chi connectivity index (χ3n) is 3.45. The average molecular weight is 359 g/mol. The lowest BCUT2D eigenvalue weighted by atomic mass is 10.1. The molecule has 0 amide bonds. The highest BCUT2D eigenvalue weighted by Gasteiger charge is 2.26. The number of rotatable bonds is 4. The van der Waals surface area contributed by atoms with Gasteiger partial charge < -0.3 is 9.47 Å². The van der Waals surface area contributed by atoms with Crippen molar-refractivity contribution in [3.8, 4) is 5.75 Å². The molecule has 126 valence electrons. The van der Waals surface area contributed by atoms with Crippen molar-refractivity contribution in [1.82, 2.24) is 0 Å². The molecule has 0 spiro atoms. The minimum atomic E-state index is -0.643. The summed E-state index contributed by atoms with van der Waals surface area (Å²) in [5.74, 6) is -0.0683.